The molecular formula is C12H17FN2O. The number of carbonyl (C=O) groups excluding carboxylic acids is 1. The van der Waals surface area contributed by atoms with E-state index in [1.54, 1.807) is 19.1 Å². The Morgan fingerprint density at radius 3 is 2.44 bits per heavy atom. The number of benzene rings is 1. The van der Waals surface area contributed by atoms with Gasteiger partial charge in [0.15, 0.2) is 0 Å². The number of halogens is 1. The van der Waals surface area contributed by atoms with E-state index < -0.39 is 0 Å². The highest BCUT2D eigenvalue weighted by Gasteiger charge is 2.14. The molecule has 0 aliphatic carbocycles. The van der Waals surface area contributed by atoms with Crippen LogP contribution in [0.2, 0.25) is 0 Å². The fraction of sp³-hybridized carbons (Fsp3) is 0.417. The minimum Gasteiger partial charge on any atom is -0.349 e. The number of nitrogens with two attached hydrogens (primary N) is 1. The predicted molar refractivity (Wildman–Crippen MR) is 61.2 cm³/mol. The number of carbonyl (C=O) groups is 1. The fourth-order valence-electron chi connectivity index (χ4n) is 1.30. The van der Waals surface area contributed by atoms with Crippen LogP contribution >= 0.6 is 0 Å². The Morgan fingerprint density at radius 1 is 1.38 bits per heavy atom. The van der Waals surface area contributed by atoms with Crippen LogP contribution in [0, 0.1) is 11.7 Å². The summed E-state index contributed by atoms with van der Waals surface area (Å²) in [4.78, 5) is 11.6. The first kappa shape index (κ1) is 12.6. The lowest BCUT2D eigenvalue weighted by Crippen LogP contribution is -2.34. The van der Waals surface area contributed by atoms with Gasteiger partial charge in [0.25, 0.3) is 0 Å². The standard InChI is InChI=1S/C12H17FN2O/c1-8(7-14)12(16)15-9(2)10-3-5-11(13)6-4-10/h3-6,8-9H,7,14H2,1-2H3,(H,15,16)/t8?,9-/m1/s1. The maximum Gasteiger partial charge on any atom is 0.224 e. The maximum absolute atomic E-state index is 12.7. The Kier molecular flexibility index (Phi) is 4.43. The van der Waals surface area contributed by atoms with Crippen molar-refractivity contribution in [1.29, 1.82) is 0 Å². The summed E-state index contributed by atoms with van der Waals surface area (Å²) >= 11 is 0. The van der Waals surface area contributed by atoms with Gasteiger partial charge in [-0.05, 0) is 24.6 Å². The van der Waals surface area contributed by atoms with Crippen LogP contribution in [-0.2, 0) is 4.79 Å². The van der Waals surface area contributed by atoms with E-state index >= 15 is 0 Å². The molecule has 88 valence electrons. The number of amides is 1. The number of hydrogen-bond acceptors (Lipinski definition) is 2. The molecule has 1 unspecified atom stereocenters. The second-order valence-corrected chi connectivity index (χ2v) is 3.92. The fourth-order valence-corrected chi connectivity index (χ4v) is 1.30. The third-order valence-corrected chi connectivity index (χ3v) is 2.53. The van der Waals surface area contributed by atoms with Crippen molar-refractivity contribution in [3.8, 4) is 0 Å². The van der Waals surface area contributed by atoms with Crippen molar-refractivity contribution in [2.75, 3.05) is 6.54 Å². The summed E-state index contributed by atoms with van der Waals surface area (Å²) in [5.41, 5.74) is 6.27. The Bertz CT molecular complexity index is 351. The summed E-state index contributed by atoms with van der Waals surface area (Å²) < 4.78 is 12.7. The lowest BCUT2D eigenvalue weighted by Gasteiger charge is -2.16. The molecule has 1 amide bonds. The second kappa shape index (κ2) is 5.61. The Balaban J connectivity index is 2.62. The molecule has 16 heavy (non-hydrogen) atoms. The molecular weight excluding hydrogens is 207 g/mol. The van der Waals surface area contributed by atoms with Gasteiger partial charge in [-0.1, -0.05) is 19.1 Å². The van der Waals surface area contributed by atoms with Gasteiger partial charge in [-0.25, -0.2) is 4.39 Å². The second-order valence-electron chi connectivity index (χ2n) is 3.92. The summed E-state index contributed by atoms with van der Waals surface area (Å²) in [5.74, 6) is -0.570. The van der Waals surface area contributed by atoms with Crippen molar-refractivity contribution < 1.29 is 9.18 Å². The van der Waals surface area contributed by atoms with Gasteiger partial charge in [-0.2, -0.15) is 0 Å². The molecule has 1 aromatic carbocycles. The number of nitrogens with one attached hydrogen (secondary N) is 1. The SMILES string of the molecule is CC(CN)C(=O)N[C@H](C)c1ccc(F)cc1. The van der Waals surface area contributed by atoms with Crippen LogP contribution in [0.4, 0.5) is 4.39 Å². The summed E-state index contributed by atoms with van der Waals surface area (Å²) in [6.45, 7) is 3.95. The predicted octanol–water partition coefficient (Wildman–Crippen LogP) is 1.60. The zero-order chi connectivity index (χ0) is 12.1. The molecule has 0 heterocycles. The largest absolute Gasteiger partial charge is 0.349 e. The van der Waals surface area contributed by atoms with Gasteiger partial charge in [0.2, 0.25) is 5.91 Å². The lowest BCUT2D eigenvalue weighted by atomic mass is 10.1. The van der Waals surface area contributed by atoms with E-state index in [2.05, 4.69) is 5.32 Å². The van der Waals surface area contributed by atoms with Crippen LogP contribution in [0.3, 0.4) is 0 Å². The van der Waals surface area contributed by atoms with E-state index in [1.165, 1.54) is 12.1 Å². The Morgan fingerprint density at radius 2 is 1.94 bits per heavy atom. The molecule has 0 saturated heterocycles. The molecule has 3 N–H and O–H groups in total. The van der Waals surface area contributed by atoms with Crippen molar-refractivity contribution in [1.82, 2.24) is 5.32 Å². The van der Waals surface area contributed by atoms with Crippen LogP contribution in [-0.4, -0.2) is 12.5 Å². The van der Waals surface area contributed by atoms with Crippen LogP contribution in [0.5, 0.6) is 0 Å². The van der Waals surface area contributed by atoms with Gasteiger partial charge >= 0.3 is 0 Å². The first-order chi connectivity index (χ1) is 7.54. The highest BCUT2D eigenvalue weighted by atomic mass is 19.1. The van der Waals surface area contributed by atoms with Crippen molar-refractivity contribution in [3.05, 3.63) is 35.6 Å². The smallest absolute Gasteiger partial charge is 0.224 e. The zero-order valence-electron chi connectivity index (χ0n) is 9.53. The van der Waals surface area contributed by atoms with Gasteiger partial charge < -0.3 is 11.1 Å². The van der Waals surface area contributed by atoms with E-state index in [9.17, 15) is 9.18 Å². The van der Waals surface area contributed by atoms with Gasteiger partial charge in [0.1, 0.15) is 5.82 Å². The monoisotopic (exact) mass is 224 g/mol. The third kappa shape index (κ3) is 3.31. The molecule has 0 saturated carbocycles. The van der Waals surface area contributed by atoms with Gasteiger partial charge in [-0.3, -0.25) is 4.79 Å². The maximum atomic E-state index is 12.7. The van der Waals surface area contributed by atoms with Crippen molar-refractivity contribution in [2.45, 2.75) is 19.9 Å². The van der Waals surface area contributed by atoms with Crippen molar-refractivity contribution in [2.24, 2.45) is 11.7 Å². The van der Waals surface area contributed by atoms with Crippen molar-refractivity contribution in [3.63, 3.8) is 0 Å². The average molecular weight is 224 g/mol. The molecule has 0 aromatic heterocycles. The van der Waals surface area contributed by atoms with E-state index in [0.29, 0.717) is 6.54 Å². The van der Waals surface area contributed by atoms with Crippen molar-refractivity contribution >= 4 is 5.91 Å². The molecule has 3 nitrogen and oxygen atoms in total. The average Bonchev–Trinajstić information content (AvgIpc) is 2.28. The topological polar surface area (TPSA) is 55.1 Å². The van der Waals surface area contributed by atoms with E-state index in [-0.39, 0.29) is 23.7 Å². The number of hydrogen-bond donors (Lipinski definition) is 2. The van der Waals surface area contributed by atoms with Crippen LogP contribution in [0.25, 0.3) is 0 Å². The summed E-state index contributed by atoms with van der Waals surface area (Å²) in [6.07, 6.45) is 0. The first-order valence-corrected chi connectivity index (χ1v) is 5.30. The summed E-state index contributed by atoms with van der Waals surface area (Å²) in [5, 5.41) is 2.82. The highest BCUT2D eigenvalue weighted by molar-refractivity contribution is 5.78. The van der Waals surface area contributed by atoms with E-state index in [0.717, 1.165) is 5.56 Å². The van der Waals surface area contributed by atoms with Gasteiger partial charge in [-0.15, -0.1) is 0 Å². The molecule has 0 aliphatic heterocycles. The quantitative estimate of drug-likeness (QED) is 0.816. The van der Waals surface area contributed by atoms with Gasteiger partial charge in [0.05, 0.1) is 6.04 Å². The molecule has 0 radical (unpaired) electrons. The molecule has 1 rings (SSSR count). The minimum absolute atomic E-state index is 0.0840. The number of rotatable bonds is 4. The zero-order valence-corrected chi connectivity index (χ0v) is 9.53. The Labute approximate surface area is 94.8 Å². The summed E-state index contributed by atoms with van der Waals surface area (Å²) in [7, 11) is 0. The molecule has 0 spiro atoms. The van der Waals surface area contributed by atoms with Crippen LogP contribution in [0.15, 0.2) is 24.3 Å². The molecule has 0 bridgehead atoms. The first-order valence-electron chi connectivity index (χ1n) is 5.30. The highest BCUT2D eigenvalue weighted by Crippen LogP contribution is 2.13. The third-order valence-electron chi connectivity index (χ3n) is 2.53. The van der Waals surface area contributed by atoms with Crippen LogP contribution < -0.4 is 11.1 Å². The van der Waals surface area contributed by atoms with Gasteiger partial charge in [0, 0.05) is 12.5 Å². The molecule has 0 aliphatic rings. The van der Waals surface area contributed by atoms with E-state index in [1.807, 2.05) is 6.92 Å². The van der Waals surface area contributed by atoms with Crippen LogP contribution in [0.1, 0.15) is 25.5 Å². The van der Waals surface area contributed by atoms with E-state index in [4.69, 9.17) is 5.73 Å². The molecule has 2 atom stereocenters. The molecule has 0 fully saturated rings. The minimum atomic E-state index is -0.280. The normalized spacial score (nSPS) is 14.2. The Hall–Kier alpha value is -1.42. The molecule has 4 heteroatoms. The lowest BCUT2D eigenvalue weighted by molar-refractivity contribution is -0.124. The summed E-state index contributed by atoms with van der Waals surface area (Å²) in [6, 6.07) is 5.94. The molecule has 1 aromatic rings.